The molecule has 1 aliphatic rings. The molecule has 8 heteroatoms. The van der Waals surface area contributed by atoms with Gasteiger partial charge in [0.1, 0.15) is 12.3 Å². The Morgan fingerprint density at radius 2 is 1.90 bits per heavy atom. The van der Waals surface area contributed by atoms with Gasteiger partial charge >= 0.3 is 0 Å². The summed E-state index contributed by atoms with van der Waals surface area (Å²) in [5.74, 6) is 0.0802. The van der Waals surface area contributed by atoms with Crippen LogP contribution in [0.3, 0.4) is 0 Å². The molecule has 2 aromatic carbocycles. The fourth-order valence-corrected chi connectivity index (χ4v) is 5.06. The molecule has 0 spiro atoms. The van der Waals surface area contributed by atoms with Gasteiger partial charge in [-0.05, 0) is 19.1 Å². The zero-order valence-corrected chi connectivity index (χ0v) is 17.9. The number of nitrogens with zero attached hydrogens (tertiary/aromatic N) is 1. The van der Waals surface area contributed by atoms with Crippen LogP contribution in [-0.2, 0) is 21.4 Å². The SMILES string of the molecule is COc1cc(S(=O)(=O)N2CC[NH+](Cc3cccc(C)c3)CC2)ccc1NC(C)=O. The maximum atomic E-state index is 13.1. The van der Waals surface area contributed by atoms with Crippen LogP contribution in [0.15, 0.2) is 47.4 Å². The summed E-state index contributed by atoms with van der Waals surface area (Å²) >= 11 is 0. The highest BCUT2D eigenvalue weighted by Crippen LogP contribution is 2.29. The monoisotopic (exact) mass is 418 g/mol. The van der Waals surface area contributed by atoms with Crippen LogP contribution >= 0.6 is 0 Å². The highest BCUT2D eigenvalue weighted by molar-refractivity contribution is 7.89. The summed E-state index contributed by atoms with van der Waals surface area (Å²) < 4.78 is 32.9. The highest BCUT2D eigenvalue weighted by atomic mass is 32.2. The lowest BCUT2D eigenvalue weighted by Gasteiger charge is -2.31. The molecular weight excluding hydrogens is 390 g/mol. The Balaban J connectivity index is 1.68. The highest BCUT2D eigenvalue weighted by Gasteiger charge is 2.31. The zero-order chi connectivity index (χ0) is 21.0. The van der Waals surface area contributed by atoms with Gasteiger partial charge in [0.25, 0.3) is 0 Å². The van der Waals surface area contributed by atoms with E-state index in [-0.39, 0.29) is 10.8 Å². The van der Waals surface area contributed by atoms with Gasteiger partial charge in [-0.2, -0.15) is 4.31 Å². The van der Waals surface area contributed by atoms with Gasteiger partial charge in [-0.15, -0.1) is 0 Å². The van der Waals surface area contributed by atoms with Crippen molar-refractivity contribution in [2.24, 2.45) is 0 Å². The molecule has 156 valence electrons. The molecule has 29 heavy (non-hydrogen) atoms. The van der Waals surface area contributed by atoms with Crippen molar-refractivity contribution in [1.29, 1.82) is 0 Å². The second kappa shape index (κ2) is 8.94. The number of hydrogen-bond donors (Lipinski definition) is 2. The van der Waals surface area contributed by atoms with Gasteiger partial charge in [0.2, 0.25) is 15.9 Å². The predicted octanol–water partition coefficient (Wildman–Crippen LogP) is 1.05. The van der Waals surface area contributed by atoms with E-state index >= 15 is 0 Å². The molecule has 1 amide bonds. The first kappa shape index (κ1) is 21.3. The number of benzene rings is 2. The molecule has 1 saturated heterocycles. The van der Waals surface area contributed by atoms with E-state index in [1.807, 2.05) is 0 Å². The molecule has 2 aromatic rings. The molecule has 1 aliphatic heterocycles. The van der Waals surface area contributed by atoms with Crippen molar-refractivity contribution in [2.75, 3.05) is 38.6 Å². The summed E-state index contributed by atoms with van der Waals surface area (Å²) in [5.41, 5.74) is 2.96. The van der Waals surface area contributed by atoms with Crippen LogP contribution in [0.1, 0.15) is 18.1 Å². The van der Waals surface area contributed by atoms with Crippen molar-refractivity contribution < 1.29 is 22.8 Å². The average molecular weight is 419 g/mol. The van der Waals surface area contributed by atoms with Crippen LogP contribution in [0.2, 0.25) is 0 Å². The van der Waals surface area contributed by atoms with E-state index in [1.165, 1.54) is 46.5 Å². The first-order chi connectivity index (χ1) is 13.8. The lowest BCUT2D eigenvalue weighted by atomic mass is 10.1. The van der Waals surface area contributed by atoms with Crippen molar-refractivity contribution in [3.05, 3.63) is 53.6 Å². The fraction of sp³-hybridized carbons (Fsp3) is 0.381. The maximum Gasteiger partial charge on any atom is 0.243 e. The third-order valence-corrected chi connectivity index (χ3v) is 6.98. The lowest BCUT2D eigenvalue weighted by Crippen LogP contribution is -3.13. The molecule has 1 fully saturated rings. The normalized spacial score (nSPS) is 15.8. The number of sulfonamides is 1. The van der Waals surface area contributed by atoms with E-state index in [2.05, 4.69) is 36.5 Å². The maximum absolute atomic E-state index is 13.1. The largest absolute Gasteiger partial charge is 0.495 e. The van der Waals surface area contributed by atoms with E-state index < -0.39 is 10.0 Å². The Morgan fingerprint density at radius 3 is 2.52 bits per heavy atom. The lowest BCUT2D eigenvalue weighted by molar-refractivity contribution is -0.917. The Morgan fingerprint density at radius 1 is 1.17 bits per heavy atom. The number of quaternary nitrogens is 1. The molecule has 3 rings (SSSR count). The van der Waals surface area contributed by atoms with Crippen molar-refractivity contribution >= 4 is 21.6 Å². The first-order valence-corrected chi connectivity index (χ1v) is 11.1. The van der Waals surface area contributed by atoms with Crippen molar-refractivity contribution in [2.45, 2.75) is 25.3 Å². The molecule has 0 aliphatic carbocycles. The minimum absolute atomic E-state index is 0.172. The van der Waals surface area contributed by atoms with Crippen molar-refractivity contribution in [3.8, 4) is 5.75 Å². The Kier molecular flexibility index (Phi) is 6.56. The van der Waals surface area contributed by atoms with E-state index in [4.69, 9.17) is 4.74 Å². The van der Waals surface area contributed by atoms with Gasteiger partial charge in [-0.25, -0.2) is 8.42 Å². The second-order valence-corrected chi connectivity index (χ2v) is 9.30. The van der Waals surface area contributed by atoms with Crippen LogP contribution in [0, 0.1) is 6.92 Å². The molecule has 1 heterocycles. The zero-order valence-electron chi connectivity index (χ0n) is 17.1. The standard InChI is InChI=1S/C21H27N3O4S/c1-16-5-4-6-18(13-16)15-23-9-11-24(12-10-23)29(26,27)19-7-8-20(22-17(2)25)21(14-19)28-3/h4-8,13-14H,9-12,15H2,1-3H3,(H,22,25)/p+1. The minimum Gasteiger partial charge on any atom is -0.495 e. The molecule has 0 saturated carbocycles. The van der Waals surface area contributed by atoms with Gasteiger partial charge in [-0.1, -0.05) is 29.8 Å². The number of piperazine rings is 1. The number of nitrogens with one attached hydrogen (secondary N) is 2. The van der Waals surface area contributed by atoms with Crippen LogP contribution in [0.4, 0.5) is 5.69 Å². The van der Waals surface area contributed by atoms with E-state index in [0.717, 1.165) is 19.6 Å². The number of rotatable bonds is 6. The summed E-state index contributed by atoms with van der Waals surface area (Å²) in [7, 11) is -2.17. The number of hydrogen-bond acceptors (Lipinski definition) is 4. The molecule has 0 unspecified atom stereocenters. The minimum atomic E-state index is -3.62. The number of amides is 1. The second-order valence-electron chi connectivity index (χ2n) is 7.36. The molecule has 0 radical (unpaired) electrons. The molecule has 2 N–H and O–H groups in total. The third kappa shape index (κ3) is 5.14. The van der Waals surface area contributed by atoms with Crippen LogP contribution in [-0.4, -0.2) is 51.9 Å². The summed E-state index contributed by atoms with van der Waals surface area (Å²) in [5, 5.41) is 2.64. The smallest absolute Gasteiger partial charge is 0.243 e. The third-order valence-electron chi connectivity index (χ3n) is 5.09. The number of carbonyl (C=O) groups is 1. The predicted molar refractivity (Wildman–Crippen MR) is 112 cm³/mol. The van der Waals surface area contributed by atoms with Gasteiger partial charge in [-0.3, -0.25) is 4.79 Å². The molecule has 0 aromatic heterocycles. The Bertz CT molecular complexity index is 983. The van der Waals surface area contributed by atoms with Gasteiger partial charge in [0.15, 0.2) is 0 Å². The molecule has 0 bridgehead atoms. The number of methoxy groups -OCH3 is 1. The number of ether oxygens (including phenoxy) is 1. The summed E-state index contributed by atoms with van der Waals surface area (Å²) in [4.78, 5) is 12.8. The van der Waals surface area contributed by atoms with Gasteiger partial charge in [0.05, 0.1) is 43.9 Å². The average Bonchev–Trinajstić information content (AvgIpc) is 2.68. The number of anilines is 1. The van der Waals surface area contributed by atoms with Crippen LogP contribution in [0.25, 0.3) is 0 Å². The van der Waals surface area contributed by atoms with Crippen molar-refractivity contribution in [3.63, 3.8) is 0 Å². The molecule has 0 atom stereocenters. The summed E-state index contributed by atoms with van der Waals surface area (Å²) in [6, 6.07) is 13.0. The fourth-order valence-electron chi connectivity index (χ4n) is 3.60. The number of carbonyl (C=O) groups excluding carboxylic acids is 1. The Labute approximate surface area is 172 Å². The topological polar surface area (TPSA) is 80.2 Å². The van der Waals surface area contributed by atoms with Gasteiger partial charge in [0, 0.05) is 18.6 Å². The van der Waals surface area contributed by atoms with Gasteiger partial charge < -0.3 is 15.0 Å². The van der Waals surface area contributed by atoms with Crippen molar-refractivity contribution in [1.82, 2.24) is 4.31 Å². The first-order valence-electron chi connectivity index (χ1n) is 9.64. The van der Waals surface area contributed by atoms with E-state index in [9.17, 15) is 13.2 Å². The van der Waals surface area contributed by atoms with E-state index in [1.54, 1.807) is 6.07 Å². The Hall–Kier alpha value is -2.42. The molecule has 7 nitrogen and oxygen atoms in total. The number of aryl methyl sites for hydroxylation is 1. The quantitative estimate of drug-likeness (QED) is 0.735. The van der Waals surface area contributed by atoms with Crippen LogP contribution in [0.5, 0.6) is 5.75 Å². The molecular formula is C21H28N3O4S+. The summed E-state index contributed by atoms with van der Waals surface area (Å²) in [6.45, 7) is 6.83. The summed E-state index contributed by atoms with van der Waals surface area (Å²) in [6.07, 6.45) is 0. The van der Waals surface area contributed by atoms with E-state index in [0.29, 0.717) is 24.5 Å². The van der Waals surface area contributed by atoms with Crippen LogP contribution < -0.4 is 15.0 Å².